The van der Waals surface area contributed by atoms with Crippen LogP contribution >= 0.6 is 23.1 Å². The van der Waals surface area contributed by atoms with Gasteiger partial charge in [-0.25, -0.2) is 4.98 Å². The fourth-order valence-corrected chi connectivity index (χ4v) is 3.68. The van der Waals surface area contributed by atoms with Crippen molar-refractivity contribution in [2.75, 3.05) is 23.9 Å². The van der Waals surface area contributed by atoms with E-state index < -0.39 is 0 Å². The monoisotopic (exact) mass is 296 g/mol. The third kappa shape index (κ3) is 2.95. The van der Waals surface area contributed by atoms with Crippen LogP contribution in [0.3, 0.4) is 0 Å². The molecule has 2 heterocycles. The first kappa shape index (κ1) is 14.4. The predicted octanol–water partition coefficient (Wildman–Crippen LogP) is 3.61. The lowest BCUT2D eigenvalue weighted by atomic mass is 10.0. The average Bonchev–Trinajstić information content (AvgIpc) is 2.88. The number of hydrogen-bond acceptors (Lipinski definition) is 6. The van der Waals surface area contributed by atoms with Crippen molar-refractivity contribution in [3.8, 4) is 0 Å². The fraction of sp³-hybridized carbons (Fsp3) is 0.538. The van der Waals surface area contributed by atoms with Gasteiger partial charge in [0.1, 0.15) is 10.6 Å². The number of nitrogens with zero attached hydrogens (tertiary/aromatic N) is 2. The van der Waals surface area contributed by atoms with Gasteiger partial charge in [0.2, 0.25) is 5.95 Å². The molecule has 2 aromatic heterocycles. The molecule has 0 bridgehead atoms. The van der Waals surface area contributed by atoms with Gasteiger partial charge >= 0.3 is 0 Å². The standard InChI is InChI=1S/C13H20N4S2/c1-4-13(5-2,18-3)8-15-10-9-6-7-19-11(9)17-12(14)16-10/h6-7H,4-5,8H2,1-3H3,(H3,14,15,16,17). The van der Waals surface area contributed by atoms with E-state index in [0.717, 1.165) is 35.4 Å². The van der Waals surface area contributed by atoms with Crippen LogP contribution in [-0.2, 0) is 0 Å². The predicted molar refractivity (Wildman–Crippen MR) is 87.1 cm³/mol. The molecule has 0 aromatic carbocycles. The summed E-state index contributed by atoms with van der Waals surface area (Å²) in [7, 11) is 0. The number of nitrogen functional groups attached to an aromatic ring is 1. The molecule has 3 N–H and O–H groups in total. The van der Waals surface area contributed by atoms with E-state index in [1.807, 2.05) is 23.2 Å². The van der Waals surface area contributed by atoms with Gasteiger partial charge in [0, 0.05) is 11.3 Å². The summed E-state index contributed by atoms with van der Waals surface area (Å²) in [4.78, 5) is 9.52. The number of nitrogens with one attached hydrogen (secondary N) is 1. The Morgan fingerprint density at radius 3 is 2.74 bits per heavy atom. The van der Waals surface area contributed by atoms with Crippen molar-refractivity contribution in [2.45, 2.75) is 31.4 Å². The maximum Gasteiger partial charge on any atom is 0.223 e. The zero-order chi connectivity index (χ0) is 13.9. The maximum atomic E-state index is 5.76. The van der Waals surface area contributed by atoms with Crippen LogP contribution in [-0.4, -0.2) is 27.5 Å². The molecule has 0 aliphatic rings. The molecule has 104 valence electrons. The highest BCUT2D eigenvalue weighted by molar-refractivity contribution is 8.00. The maximum absolute atomic E-state index is 5.76. The number of thioether (sulfide) groups is 1. The zero-order valence-electron chi connectivity index (χ0n) is 11.6. The molecule has 2 rings (SSSR count). The summed E-state index contributed by atoms with van der Waals surface area (Å²) >= 11 is 3.50. The molecule has 0 aliphatic carbocycles. The first-order chi connectivity index (χ1) is 9.14. The van der Waals surface area contributed by atoms with Crippen LogP contribution in [0.25, 0.3) is 10.2 Å². The van der Waals surface area contributed by atoms with E-state index >= 15 is 0 Å². The van der Waals surface area contributed by atoms with Crippen LogP contribution in [0.5, 0.6) is 0 Å². The quantitative estimate of drug-likeness (QED) is 0.852. The lowest BCUT2D eigenvalue weighted by molar-refractivity contribution is 0.574. The van der Waals surface area contributed by atoms with Crippen molar-refractivity contribution in [3.05, 3.63) is 11.4 Å². The third-order valence-corrected chi connectivity index (χ3v) is 6.04. The van der Waals surface area contributed by atoms with Crippen LogP contribution in [0.15, 0.2) is 11.4 Å². The Morgan fingerprint density at radius 2 is 2.11 bits per heavy atom. The second-order valence-electron chi connectivity index (χ2n) is 4.52. The molecule has 0 amide bonds. The molecule has 6 heteroatoms. The Hall–Kier alpha value is -1.01. The summed E-state index contributed by atoms with van der Waals surface area (Å²) < 4.78 is 0.252. The van der Waals surface area contributed by atoms with Gasteiger partial charge in [-0.15, -0.1) is 11.3 Å². The van der Waals surface area contributed by atoms with Crippen molar-refractivity contribution >= 4 is 45.1 Å². The van der Waals surface area contributed by atoms with Gasteiger partial charge in [-0.1, -0.05) is 13.8 Å². The summed E-state index contributed by atoms with van der Waals surface area (Å²) in [6.07, 6.45) is 4.43. The largest absolute Gasteiger partial charge is 0.368 e. The molecule has 4 nitrogen and oxygen atoms in total. The van der Waals surface area contributed by atoms with Crippen LogP contribution in [0.4, 0.5) is 11.8 Å². The van der Waals surface area contributed by atoms with Gasteiger partial charge < -0.3 is 11.1 Å². The number of rotatable bonds is 6. The van der Waals surface area contributed by atoms with E-state index in [4.69, 9.17) is 5.73 Å². The van der Waals surface area contributed by atoms with Crippen LogP contribution in [0.1, 0.15) is 26.7 Å². The molecule has 2 aromatic rings. The minimum atomic E-state index is 0.252. The second kappa shape index (κ2) is 5.96. The highest BCUT2D eigenvalue weighted by atomic mass is 32.2. The van der Waals surface area contributed by atoms with Gasteiger partial charge in [0.05, 0.1) is 5.39 Å². The molecule has 0 spiro atoms. The van der Waals surface area contributed by atoms with Crippen LogP contribution < -0.4 is 11.1 Å². The number of fused-ring (bicyclic) bond motifs is 1. The summed E-state index contributed by atoms with van der Waals surface area (Å²) in [5, 5.41) is 6.54. The highest BCUT2D eigenvalue weighted by Crippen LogP contribution is 2.32. The van der Waals surface area contributed by atoms with Crippen molar-refractivity contribution < 1.29 is 0 Å². The smallest absolute Gasteiger partial charge is 0.223 e. The Labute approximate surface area is 122 Å². The molecule has 0 unspecified atom stereocenters. The molecule has 0 saturated carbocycles. The minimum absolute atomic E-state index is 0.252. The van der Waals surface area contributed by atoms with Crippen LogP contribution in [0.2, 0.25) is 0 Å². The summed E-state index contributed by atoms with van der Waals surface area (Å²) in [5.74, 6) is 1.18. The lowest BCUT2D eigenvalue weighted by Crippen LogP contribution is -2.32. The second-order valence-corrected chi connectivity index (χ2v) is 6.69. The Balaban J connectivity index is 2.24. The van der Waals surface area contributed by atoms with E-state index in [1.54, 1.807) is 11.3 Å². The van der Waals surface area contributed by atoms with Crippen LogP contribution in [0, 0.1) is 0 Å². The molecule has 0 aliphatic heterocycles. The SMILES string of the molecule is CCC(CC)(CNc1nc(N)nc2sccc12)SC. The minimum Gasteiger partial charge on any atom is -0.368 e. The van der Waals surface area contributed by atoms with Crippen molar-refractivity contribution in [3.63, 3.8) is 0 Å². The van der Waals surface area contributed by atoms with Gasteiger partial charge in [0.15, 0.2) is 0 Å². The zero-order valence-corrected chi connectivity index (χ0v) is 13.2. The topological polar surface area (TPSA) is 63.8 Å². The van der Waals surface area contributed by atoms with E-state index in [-0.39, 0.29) is 4.75 Å². The summed E-state index contributed by atoms with van der Waals surface area (Å²) in [5.41, 5.74) is 5.76. The summed E-state index contributed by atoms with van der Waals surface area (Å²) in [6, 6.07) is 2.04. The first-order valence-corrected chi connectivity index (χ1v) is 8.54. The molecule has 0 fully saturated rings. The normalized spacial score (nSPS) is 11.9. The van der Waals surface area contributed by atoms with Gasteiger partial charge in [0.25, 0.3) is 0 Å². The third-order valence-electron chi connectivity index (χ3n) is 3.64. The van der Waals surface area contributed by atoms with E-state index in [2.05, 4.69) is 35.4 Å². The van der Waals surface area contributed by atoms with Gasteiger partial charge in [-0.3, -0.25) is 0 Å². The molecule has 0 saturated heterocycles. The molecule has 0 atom stereocenters. The number of thiophene rings is 1. The number of aromatic nitrogens is 2. The van der Waals surface area contributed by atoms with E-state index in [9.17, 15) is 0 Å². The number of anilines is 2. The Bertz CT molecular complexity index is 540. The van der Waals surface area contributed by atoms with Crippen molar-refractivity contribution in [2.24, 2.45) is 0 Å². The lowest BCUT2D eigenvalue weighted by Gasteiger charge is -2.30. The van der Waals surface area contributed by atoms with Crippen molar-refractivity contribution in [1.29, 1.82) is 0 Å². The molecule has 0 radical (unpaired) electrons. The van der Waals surface area contributed by atoms with E-state index in [1.165, 1.54) is 0 Å². The molecule has 19 heavy (non-hydrogen) atoms. The fourth-order valence-electron chi connectivity index (χ4n) is 2.11. The van der Waals surface area contributed by atoms with Gasteiger partial charge in [-0.2, -0.15) is 16.7 Å². The molecular weight excluding hydrogens is 276 g/mol. The average molecular weight is 296 g/mol. The number of nitrogens with two attached hydrogens (primary N) is 1. The van der Waals surface area contributed by atoms with Crippen molar-refractivity contribution in [1.82, 2.24) is 9.97 Å². The first-order valence-electron chi connectivity index (χ1n) is 6.44. The Kier molecular flexibility index (Phi) is 4.52. The Morgan fingerprint density at radius 1 is 1.37 bits per heavy atom. The van der Waals surface area contributed by atoms with Gasteiger partial charge in [-0.05, 0) is 30.5 Å². The van der Waals surface area contributed by atoms with E-state index in [0.29, 0.717) is 5.95 Å². The molecular formula is C13H20N4S2. The number of hydrogen-bond donors (Lipinski definition) is 2. The summed E-state index contributed by atoms with van der Waals surface area (Å²) in [6.45, 7) is 5.36. The highest BCUT2D eigenvalue weighted by Gasteiger charge is 2.25.